The van der Waals surface area contributed by atoms with Crippen molar-refractivity contribution in [2.45, 2.75) is 19.9 Å². The van der Waals surface area contributed by atoms with Crippen LogP contribution in [0.1, 0.15) is 23.8 Å². The minimum atomic E-state index is -0.377. The summed E-state index contributed by atoms with van der Waals surface area (Å²) in [7, 11) is 0. The van der Waals surface area contributed by atoms with Crippen LogP contribution in [0.4, 0.5) is 5.00 Å². The second-order valence-electron chi connectivity index (χ2n) is 3.80. The number of esters is 1. The lowest BCUT2D eigenvalue weighted by atomic mass is 10.4. The van der Waals surface area contributed by atoms with E-state index in [1.807, 2.05) is 16.9 Å². The predicted molar refractivity (Wildman–Crippen MR) is 73.4 cm³/mol. The van der Waals surface area contributed by atoms with Crippen LogP contribution in [0.3, 0.4) is 0 Å². The Bertz CT molecular complexity index is 510. The lowest BCUT2D eigenvalue weighted by Gasteiger charge is -2.06. The monoisotopic (exact) mass is 280 g/mol. The van der Waals surface area contributed by atoms with Gasteiger partial charge in [0.15, 0.2) is 5.69 Å². The van der Waals surface area contributed by atoms with Gasteiger partial charge in [0, 0.05) is 25.5 Å². The standard InChI is InChI=1S/C12H16N4O2S/c1-2-18-12(17)10-11(19-9-14-10)13-5-3-7-16-8-4-6-15-16/h4,6,8-9,13H,2-3,5,7H2,1H3. The molecule has 0 aliphatic heterocycles. The van der Waals surface area contributed by atoms with Gasteiger partial charge in [0.05, 0.1) is 12.1 Å². The fourth-order valence-corrected chi connectivity index (χ4v) is 2.29. The highest BCUT2D eigenvalue weighted by Crippen LogP contribution is 2.20. The SMILES string of the molecule is CCOC(=O)c1ncsc1NCCCn1cccn1. The number of nitrogens with one attached hydrogen (secondary N) is 1. The molecule has 0 fully saturated rings. The lowest BCUT2D eigenvalue weighted by molar-refractivity contribution is 0.0521. The topological polar surface area (TPSA) is 69.0 Å². The molecule has 0 amide bonds. The molecule has 2 aromatic rings. The zero-order valence-electron chi connectivity index (χ0n) is 10.7. The highest BCUT2D eigenvalue weighted by molar-refractivity contribution is 7.14. The first-order chi connectivity index (χ1) is 9.31. The van der Waals surface area contributed by atoms with Crippen LogP contribution in [0, 0.1) is 0 Å². The van der Waals surface area contributed by atoms with Gasteiger partial charge in [-0.1, -0.05) is 0 Å². The van der Waals surface area contributed by atoms with Crippen molar-refractivity contribution in [1.82, 2.24) is 14.8 Å². The number of carbonyl (C=O) groups is 1. The van der Waals surface area contributed by atoms with Gasteiger partial charge in [-0.2, -0.15) is 5.10 Å². The summed E-state index contributed by atoms with van der Waals surface area (Å²) in [5.41, 5.74) is 2.01. The average Bonchev–Trinajstić information content (AvgIpc) is 3.06. The molecule has 2 heterocycles. The summed E-state index contributed by atoms with van der Waals surface area (Å²) in [6, 6.07) is 1.90. The third-order valence-electron chi connectivity index (χ3n) is 2.44. The molecule has 0 saturated carbocycles. The summed E-state index contributed by atoms with van der Waals surface area (Å²) >= 11 is 1.41. The van der Waals surface area contributed by atoms with Gasteiger partial charge >= 0.3 is 5.97 Å². The van der Waals surface area contributed by atoms with E-state index < -0.39 is 0 Å². The number of hydrogen-bond donors (Lipinski definition) is 1. The Hall–Kier alpha value is -1.89. The molecular formula is C12H16N4O2S. The molecule has 0 atom stereocenters. The number of rotatable bonds is 7. The van der Waals surface area contributed by atoms with E-state index in [9.17, 15) is 4.79 Å². The van der Waals surface area contributed by atoms with Crippen molar-refractivity contribution in [3.05, 3.63) is 29.7 Å². The minimum Gasteiger partial charge on any atom is -0.461 e. The van der Waals surface area contributed by atoms with Crippen LogP contribution in [0.5, 0.6) is 0 Å². The Balaban J connectivity index is 1.79. The van der Waals surface area contributed by atoms with E-state index in [4.69, 9.17) is 4.74 Å². The van der Waals surface area contributed by atoms with Gasteiger partial charge in [0.1, 0.15) is 5.00 Å². The highest BCUT2D eigenvalue weighted by Gasteiger charge is 2.15. The quantitative estimate of drug-likeness (QED) is 0.620. The molecule has 0 saturated heterocycles. The lowest BCUT2D eigenvalue weighted by Crippen LogP contribution is -2.11. The maximum atomic E-state index is 11.6. The summed E-state index contributed by atoms with van der Waals surface area (Å²) in [6.07, 6.45) is 4.61. The zero-order valence-corrected chi connectivity index (χ0v) is 11.5. The summed E-state index contributed by atoms with van der Waals surface area (Å²) in [4.78, 5) is 15.6. The average molecular weight is 280 g/mol. The Morgan fingerprint density at radius 3 is 3.21 bits per heavy atom. The van der Waals surface area contributed by atoms with Gasteiger partial charge in [-0.3, -0.25) is 4.68 Å². The highest BCUT2D eigenvalue weighted by atomic mass is 32.1. The molecule has 2 aromatic heterocycles. The third kappa shape index (κ3) is 3.78. The largest absolute Gasteiger partial charge is 0.461 e. The number of ether oxygens (including phenoxy) is 1. The fourth-order valence-electron chi connectivity index (χ4n) is 1.59. The first kappa shape index (κ1) is 13.5. The minimum absolute atomic E-state index is 0.356. The first-order valence-electron chi connectivity index (χ1n) is 6.13. The summed E-state index contributed by atoms with van der Waals surface area (Å²) in [5.74, 6) is -0.377. The molecule has 19 heavy (non-hydrogen) atoms. The van der Waals surface area contributed by atoms with E-state index in [-0.39, 0.29) is 5.97 Å². The summed E-state index contributed by atoms with van der Waals surface area (Å²) in [6.45, 7) is 3.73. The van der Waals surface area contributed by atoms with Crippen LogP contribution < -0.4 is 5.32 Å². The normalized spacial score (nSPS) is 10.4. The Morgan fingerprint density at radius 2 is 2.47 bits per heavy atom. The summed E-state index contributed by atoms with van der Waals surface area (Å²) < 4.78 is 6.82. The zero-order chi connectivity index (χ0) is 13.5. The van der Waals surface area contributed by atoms with E-state index in [0.29, 0.717) is 12.3 Å². The molecule has 7 heteroatoms. The van der Waals surface area contributed by atoms with Crippen LogP contribution in [-0.2, 0) is 11.3 Å². The Labute approximate surface area is 115 Å². The van der Waals surface area contributed by atoms with Crippen LogP contribution >= 0.6 is 11.3 Å². The number of carbonyl (C=O) groups excluding carboxylic acids is 1. The van der Waals surface area contributed by atoms with Crippen molar-refractivity contribution in [2.75, 3.05) is 18.5 Å². The number of aryl methyl sites for hydroxylation is 1. The van der Waals surface area contributed by atoms with Gasteiger partial charge in [0.25, 0.3) is 0 Å². The van der Waals surface area contributed by atoms with Gasteiger partial charge in [-0.05, 0) is 19.4 Å². The van der Waals surface area contributed by atoms with E-state index in [1.54, 1.807) is 18.6 Å². The smallest absolute Gasteiger partial charge is 0.360 e. The molecule has 6 nitrogen and oxygen atoms in total. The maximum absolute atomic E-state index is 11.6. The molecule has 102 valence electrons. The molecular weight excluding hydrogens is 264 g/mol. The fraction of sp³-hybridized carbons (Fsp3) is 0.417. The molecule has 0 spiro atoms. The van der Waals surface area contributed by atoms with E-state index in [2.05, 4.69) is 15.4 Å². The van der Waals surface area contributed by atoms with Gasteiger partial charge in [-0.15, -0.1) is 11.3 Å². The van der Waals surface area contributed by atoms with Crippen molar-refractivity contribution in [1.29, 1.82) is 0 Å². The van der Waals surface area contributed by atoms with Crippen LogP contribution in [0.25, 0.3) is 0 Å². The van der Waals surface area contributed by atoms with Gasteiger partial charge in [0.2, 0.25) is 0 Å². The number of nitrogens with zero attached hydrogens (tertiary/aromatic N) is 3. The third-order valence-corrected chi connectivity index (χ3v) is 3.23. The van der Waals surface area contributed by atoms with Crippen molar-refractivity contribution in [3.63, 3.8) is 0 Å². The molecule has 2 rings (SSSR count). The van der Waals surface area contributed by atoms with Crippen LogP contribution in [-0.4, -0.2) is 33.9 Å². The molecule has 0 bridgehead atoms. The van der Waals surface area contributed by atoms with Gasteiger partial charge in [-0.25, -0.2) is 9.78 Å². The molecule has 0 aliphatic carbocycles. The summed E-state index contributed by atoms with van der Waals surface area (Å²) in [5, 5.41) is 8.10. The molecule has 0 unspecified atom stereocenters. The molecule has 0 aromatic carbocycles. The van der Waals surface area contributed by atoms with Crippen molar-refractivity contribution >= 4 is 22.3 Å². The number of anilines is 1. The molecule has 1 N–H and O–H groups in total. The predicted octanol–water partition coefficient (Wildman–Crippen LogP) is 2.02. The van der Waals surface area contributed by atoms with E-state index in [1.165, 1.54) is 11.3 Å². The van der Waals surface area contributed by atoms with E-state index >= 15 is 0 Å². The van der Waals surface area contributed by atoms with Gasteiger partial charge < -0.3 is 10.1 Å². The second kappa shape index (κ2) is 6.89. The van der Waals surface area contributed by atoms with Crippen LogP contribution in [0.2, 0.25) is 0 Å². The number of hydrogen-bond acceptors (Lipinski definition) is 6. The molecule has 0 radical (unpaired) electrons. The Morgan fingerprint density at radius 1 is 1.58 bits per heavy atom. The Kier molecular flexibility index (Phi) is 4.91. The maximum Gasteiger partial charge on any atom is 0.360 e. The second-order valence-corrected chi connectivity index (χ2v) is 4.65. The van der Waals surface area contributed by atoms with Crippen molar-refractivity contribution in [2.24, 2.45) is 0 Å². The van der Waals surface area contributed by atoms with E-state index in [0.717, 1.165) is 24.5 Å². The first-order valence-corrected chi connectivity index (χ1v) is 7.01. The number of aromatic nitrogens is 3. The van der Waals surface area contributed by atoms with Crippen molar-refractivity contribution in [3.8, 4) is 0 Å². The molecule has 0 aliphatic rings. The number of thiazole rings is 1. The van der Waals surface area contributed by atoms with Crippen LogP contribution in [0.15, 0.2) is 24.0 Å². The van der Waals surface area contributed by atoms with Crippen molar-refractivity contribution < 1.29 is 9.53 Å².